The number of rotatable bonds is 5. The minimum atomic E-state index is -0.537. The van der Waals surface area contributed by atoms with Crippen molar-refractivity contribution in [2.45, 2.75) is 26.4 Å². The van der Waals surface area contributed by atoms with Crippen molar-refractivity contribution in [1.29, 1.82) is 0 Å². The summed E-state index contributed by atoms with van der Waals surface area (Å²) in [7, 11) is 1.30. The molecule has 1 atom stereocenters. The fourth-order valence-electron chi connectivity index (χ4n) is 3.70. The van der Waals surface area contributed by atoms with E-state index in [1.165, 1.54) is 18.1 Å². The summed E-state index contributed by atoms with van der Waals surface area (Å²) in [5, 5.41) is 0. The number of halogens is 1. The fourth-order valence-corrected chi connectivity index (χ4v) is 3.70. The maximum absolute atomic E-state index is 14.6. The van der Waals surface area contributed by atoms with Gasteiger partial charge in [-0.3, -0.25) is 9.69 Å². The van der Waals surface area contributed by atoms with Gasteiger partial charge in [0.25, 0.3) is 0 Å². The van der Waals surface area contributed by atoms with Gasteiger partial charge in [-0.2, -0.15) is 0 Å². The molecule has 0 bridgehead atoms. The first kappa shape index (κ1) is 19.9. The van der Waals surface area contributed by atoms with E-state index < -0.39 is 12.1 Å². The summed E-state index contributed by atoms with van der Waals surface area (Å²) >= 11 is 0. The molecule has 1 aliphatic heterocycles. The molecule has 7 heteroatoms. The number of methoxy groups -OCH3 is 1. The third-order valence-electron chi connectivity index (χ3n) is 4.90. The maximum atomic E-state index is 14.6. The molecule has 0 N–H and O–H groups in total. The van der Waals surface area contributed by atoms with Gasteiger partial charge in [0.1, 0.15) is 18.4 Å². The zero-order valence-corrected chi connectivity index (χ0v) is 16.5. The van der Waals surface area contributed by atoms with E-state index in [1.807, 2.05) is 36.7 Å². The number of hydrogen-bond acceptors (Lipinski definition) is 3. The Hall–Kier alpha value is -2.83. The summed E-state index contributed by atoms with van der Waals surface area (Å²) in [4.78, 5) is 28.3. The van der Waals surface area contributed by atoms with Gasteiger partial charge in [-0.15, -0.1) is 0 Å². The summed E-state index contributed by atoms with van der Waals surface area (Å²) in [5.74, 6) is -0.397. The molecule has 2 aromatic rings. The first-order valence-corrected chi connectivity index (χ1v) is 9.44. The highest BCUT2D eigenvalue weighted by Gasteiger charge is 2.34. The Morgan fingerprint density at radius 2 is 1.96 bits per heavy atom. The Kier molecular flexibility index (Phi) is 6.02. The van der Waals surface area contributed by atoms with Gasteiger partial charge < -0.3 is 14.2 Å². The summed E-state index contributed by atoms with van der Waals surface area (Å²) in [6.45, 7) is 5.31. The molecule has 0 fully saturated rings. The largest absolute Gasteiger partial charge is 0.453 e. The third kappa shape index (κ3) is 4.03. The van der Waals surface area contributed by atoms with Crippen LogP contribution in [0.5, 0.6) is 0 Å². The molecule has 2 amide bonds. The molecular formula is C21H26FN3O3. The first-order valence-electron chi connectivity index (χ1n) is 9.44. The van der Waals surface area contributed by atoms with Gasteiger partial charge in [0, 0.05) is 37.1 Å². The van der Waals surface area contributed by atoms with Crippen LogP contribution in [-0.4, -0.2) is 53.1 Å². The molecule has 0 aliphatic carbocycles. The van der Waals surface area contributed by atoms with Gasteiger partial charge in [0.05, 0.1) is 7.11 Å². The lowest BCUT2D eigenvalue weighted by molar-refractivity contribution is -0.135. The Balaban J connectivity index is 1.91. The number of carbonyl (C=O) groups is 2. The Morgan fingerprint density at radius 3 is 2.64 bits per heavy atom. The van der Waals surface area contributed by atoms with Crippen LogP contribution in [0.1, 0.15) is 31.1 Å². The van der Waals surface area contributed by atoms with E-state index in [0.29, 0.717) is 25.2 Å². The molecule has 0 saturated carbocycles. The second-order valence-electron chi connectivity index (χ2n) is 7.38. The molecule has 28 heavy (non-hydrogen) atoms. The number of carbonyl (C=O) groups excluding carboxylic acids is 2. The van der Waals surface area contributed by atoms with Gasteiger partial charge in [0.2, 0.25) is 5.91 Å². The zero-order chi connectivity index (χ0) is 20.3. The van der Waals surface area contributed by atoms with Crippen molar-refractivity contribution in [2.24, 2.45) is 5.92 Å². The van der Waals surface area contributed by atoms with Crippen LogP contribution in [0.25, 0.3) is 0 Å². The number of aromatic nitrogens is 1. The molecule has 0 radical (unpaired) electrons. The van der Waals surface area contributed by atoms with Gasteiger partial charge >= 0.3 is 6.09 Å². The van der Waals surface area contributed by atoms with Crippen LogP contribution in [0.15, 0.2) is 42.6 Å². The number of amides is 2. The van der Waals surface area contributed by atoms with Crippen molar-refractivity contribution in [3.05, 3.63) is 59.7 Å². The van der Waals surface area contributed by atoms with Crippen LogP contribution in [0.2, 0.25) is 0 Å². The molecule has 0 spiro atoms. The molecule has 2 heterocycles. The van der Waals surface area contributed by atoms with Crippen LogP contribution in [0.3, 0.4) is 0 Å². The highest BCUT2D eigenvalue weighted by Crippen LogP contribution is 2.33. The van der Waals surface area contributed by atoms with Crippen molar-refractivity contribution < 1.29 is 18.7 Å². The summed E-state index contributed by atoms with van der Waals surface area (Å²) in [6.07, 6.45) is 1.40. The lowest BCUT2D eigenvalue weighted by atomic mass is 9.99. The third-order valence-corrected chi connectivity index (χ3v) is 4.90. The van der Waals surface area contributed by atoms with Crippen LogP contribution >= 0.6 is 0 Å². The lowest BCUT2D eigenvalue weighted by Gasteiger charge is -2.38. The highest BCUT2D eigenvalue weighted by atomic mass is 19.1. The molecule has 1 aromatic heterocycles. The van der Waals surface area contributed by atoms with E-state index in [2.05, 4.69) is 0 Å². The second-order valence-corrected chi connectivity index (χ2v) is 7.38. The van der Waals surface area contributed by atoms with Crippen LogP contribution < -0.4 is 0 Å². The number of ether oxygens (including phenoxy) is 1. The number of fused-ring (bicyclic) bond motifs is 1. The first-order chi connectivity index (χ1) is 13.4. The highest BCUT2D eigenvalue weighted by molar-refractivity contribution is 5.83. The number of benzene rings is 1. The van der Waals surface area contributed by atoms with Crippen LogP contribution in [-0.2, 0) is 16.1 Å². The van der Waals surface area contributed by atoms with Gasteiger partial charge in [-0.25, -0.2) is 9.18 Å². The number of nitrogens with zero attached hydrogens (tertiary/aromatic N) is 3. The van der Waals surface area contributed by atoms with Gasteiger partial charge in [0.15, 0.2) is 0 Å². The van der Waals surface area contributed by atoms with E-state index in [4.69, 9.17) is 4.74 Å². The maximum Gasteiger partial charge on any atom is 0.409 e. The quantitative estimate of drug-likeness (QED) is 0.791. The van der Waals surface area contributed by atoms with Crippen molar-refractivity contribution in [3.63, 3.8) is 0 Å². The minimum Gasteiger partial charge on any atom is -0.453 e. The number of hydrogen-bond donors (Lipinski definition) is 0. The Morgan fingerprint density at radius 1 is 1.21 bits per heavy atom. The molecule has 0 saturated heterocycles. The summed E-state index contributed by atoms with van der Waals surface area (Å²) in [5.41, 5.74) is 1.31. The average Bonchev–Trinajstić information content (AvgIpc) is 3.15. The normalized spacial score (nSPS) is 16.0. The van der Waals surface area contributed by atoms with Crippen molar-refractivity contribution >= 4 is 12.0 Å². The topological polar surface area (TPSA) is 54.8 Å². The smallest absolute Gasteiger partial charge is 0.409 e. The predicted molar refractivity (Wildman–Crippen MR) is 103 cm³/mol. The fraction of sp³-hybridized carbons (Fsp3) is 0.429. The van der Waals surface area contributed by atoms with Crippen LogP contribution in [0, 0.1) is 11.7 Å². The van der Waals surface area contributed by atoms with Crippen molar-refractivity contribution in [1.82, 2.24) is 14.4 Å². The van der Waals surface area contributed by atoms with E-state index in [9.17, 15) is 14.0 Å². The molecule has 1 aliphatic rings. The van der Waals surface area contributed by atoms with E-state index >= 15 is 0 Å². The van der Waals surface area contributed by atoms with Crippen LogP contribution in [0.4, 0.5) is 9.18 Å². The van der Waals surface area contributed by atoms with E-state index in [1.54, 1.807) is 23.1 Å². The second kappa shape index (κ2) is 8.46. The lowest BCUT2D eigenvalue weighted by Crippen LogP contribution is -2.48. The standard InChI is InChI=1S/C21H26FN3O3/c1-15(2)13-24(21(27)28-3)14-19(26)25-12-11-23-10-6-9-18(23)20(25)16-7-4-5-8-17(16)22/h4-10,15,20H,11-14H2,1-3H3/t20-/m0/s1. The van der Waals surface area contributed by atoms with E-state index in [0.717, 1.165) is 5.69 Å². The molecular weight excluding hydrogens is 361 g/mol. The monoisotopic (exact) mass is 387 g/mol. The molecule has 3 rings (SSSR count). The molecule has 6 nitrogen and oxygen atoms in total. The van der Waals surface area contributed by atoms with Crippen molar-refractivity contribution in [2.75, 3.05) is 26.7 Å². The Bertz CT molecular complexity index is 849. The zero-order valence-electron chi connectivity index (χ0n) is 16.5. The average molecular weight is 387 g/mol. The van der Waals surface area contributed by atoms with Gasteiger partial charge in [-0.05, 0) is 24.1 Å². The minimum absolute atomic E-state index is 0.101. The molecule has 0 unspecified atom stereocenters. The van der Waals surface area contributed by atoms with E-state index in [-0.39, 0.29) is 24.2 Å². The summed E-state index contributed by atoms with van der Waals surface area (Å²) in [6, 6.07) is 9.78. The summed E-state index contributed by atoms with van der Waals surface area (Å²) < 4.78 is 21.5. The predicted octanol–water partition coefficient (Wildman–Crippen LogP) is 3.28. The molecule has 1 aromatic carbocycles. The SMILES string of the molecule is COC(=O)N(CC(=O)N1CCn2cccc2[C@@H]1c1ccccc1F)CC(C)C. The van der Waals surface area contributed by atoms with Gasteiger partial charge in [-0.1, -0.05) is 32.0 Å². The Labute approximate surface area is 164 Å². The molecule has 150 valence electrons. The van der Waals surface area contributed by atoms with Crippen molar-refractivity contribution in [3.8, 4) is 0 Å².